The summed E-state index contributed by atoms with van der Waals surface area (Å²) in [5, 5.41) is 10.6. The van der Waals surface area contributed by atoms with Crippen LogP contribution in [0.3, 0.4) is 0 Å². The Morgan fingerprint density at radius 2 is 1.94 bits per heavy atom. The minimum atomic E-state index is -4.78. The third-order valence-corrected chi connectivity index (χ3v) is 6.12. The fourth-order valence-corrected chi connectivity index (χ4v) is 4.29. The summed E-state index contributed by atoms with van der Waals surface area (Å²) >= 11 is 0. The first-order valence-corrected chi connectivity index (χ1v) is 11.6. The Morgan fingerprint density at radius 3 is 2.75 bits per heavy atom. The van der Waals surface area contributed by atoms with Gasteiger partial charge in [0.05, 0.1) is 0 Å². The van der Waals surface area contributed by atoms with E-state index >= 15 is 0 Å². The molecule has 4 rings (SSSR count). The molecule has 1 atom stereocenters. The normalized spacial score (nSPS) is 16.8. The summed E-state index contributed by atoms with van der Waals surface area (Å²) in [6.45, 7) is 1.75. The van der Waals surface area contributed by atoms with Crippen molar-refractivity contribution in [2.45, 2.75) is 25.6 Å². The molecule has 11 heteroatoms. The highest BCUT2D eigenvalue weighted by Gasteiger charge is 2.31. The standard InChI is InChI=1S/C25H26F3N5O3/c1-32(23(34)10-7-17-4-2-6-20(14-17)36-25(26,27)28)16-18-5-3-12-33(13-11-18)24(35)19-8-9-21-22(15-19)30-31-29-21/h2,4,6-10,14-15,18H,3,5,11-13,16H2,1H3,(H,29,30,31). The second-order valence-corrected chi connectivity index (χ2v) is 8.79. The largest absolute Gasteiger partial charge is 0.573 e. The van der Waals surface area contributed by atoms with Crippen LogP contribution in [0.1, 0.15) is 35.2 Å². The lowest BCUT2D eigenvalue weighted by molar-refractivity contribution is -0.274. The van der Waals surface area contributed by atoms with Crippen LogP contribution in [0.5, 0.6) is 5.75 Å². The molecule has 36 heavy (non-hydrogen) atoms. The fraction of sp³-hybridized carbons (Fsp3) is 0.360. The van der Waals surface area contributed by atoms with E-state index < -0.39 is 6.36 Å². The molecule has 2 aromatic carbocycles. The Kier molecular flexibility index (Phi) is 7.56. The van der Waals surface area contributed by atoms with E-state index in [0.29, 0.717) is 41.8 Å². The average molecular weight is 502 g/mol. The number of likely N-dealkylation sites (N-methyl/N-ethyl adjacent to an activating group) is 1. The number of hydrogen-bond acceptors (Lipinski definition) is 5. The van der Waals surface area contributed by atoms with Crippen molar-refractivity contribution in [2.75, 3.05) is 26.7 Å². The smallest absolute Gasteiger partial charge is 0.406 e. The van der Waals surface area contributed by atoms with Gasteiger partial charge in [0.1, 0.15) is 16.8 Å². The van der Waals surface area contributed by atoms with E-state index in [0.717, 1.165) is 19.3 Å². The van der Waals surface area contributed by atoms with Gasteiger partial charge in [0.25, 0.3) is 5.91 Å². The van der Waals surface area contributed by atoms with Crippen LogP contribution in [0.25, 0.3) is 17.1 Å². The maximum absolute atomic E-state index is 13.0. The molecule has 2 amide bonds. The number of nitrogens with one attached hydrogen (secondary N) is 1. The molecule has 0 bridgehead atoms. The van der Waals surface area contributed by atoms with Gasteiger partial charge < -0.3 is 14.5 Å². The summed E-state index contributed by atoms with van der Waals surface area (Å²) in [5.74, 6) is -0.421. The molecule has 190 valence electrons. The summed E-state index contributed by atoms with van der Waals surface area (Å²) in [5.41, 5.74) is 2.33. The molecule has 0 spiro atoms. The molecule has 1 aliphatic rings. The Labute approximate surface area is 205 Å². The van der Waals surface area contributed by atoms with Gasteiger partial charge in [-0.25, -0.2) is 0 Å². The van der Waals surface area contributed by atoms with Gasteiger partial charge in [-0.1, -0.05) is 12.1 Å². The van der Waals surface area contributed by atoms with Gasteiger partial charge >= 0.3 is 6.36 Å². The van der Waals surface area contributed by atoms with Crippen LogP contribution in [0.15, 0.2) is 48.5 Å². The van der Waals surface area contributed by atoms with Gasteiger partial charge in [-0.15, -0.1) is 13.2 Å². The lowest BCUT2D eigenvalue weighted by atomic mass is 10.0. The van der Waals surface area contributed by atoms with E-state index in [1.807, 2.05) is 4.90 Å². The number of carbonyl (C=O) groups is 2. The van der Waals surface area contributed by atoms with Gasteiger partial charge in [-0.2, -0.15) is 15.4 Å². The van der Waals surface area contributed by atoms with Crippen LogP contribution in [-0.2, 0) is 4.79 Å². The molecule has 1 unspecified atom stereocenters. The molecular formula is C25H26F3N5O3. The molecule has 0 aliphatic carbocycles. The number of fused-ring (bicyclic) bond motifs is 1. The van der Waals surface area contributed by atoms with Crippen LogP contribution in [0.4, 0.5) is 13.2 Å². The summed E-state index contributed by atoms with van der Waals surface area (Å²) in [4.78, 5) is 29.0. The third-order valence-electron chi connectivity index (χ3n) is 6.12. The van der Waals surface area contributed by atoms with Crippen molar-refractivity contribution in [3.8, 4) is 5.75 Å². The number of rotatable bonds is 6. The van der Waals surface area contributed by atoms with Crippen molar-refractivity contribution < 1.29 is 27.5 Å². The molecule has 1 N–H and O–H groups in total. The first kappa shape index (κ1) is 25.2. The molecule has 1 saturated heterocycles. The zero-order valence-electron chi connectivity index (χ0n) is 19.7. The number of aromatic nitrogens is 3. The molecule has 0 radical (unpaired) electrons. The highest BCUT2D eigenvalue weighted by atomic mass is 19.4. The first-order chi connectivity index (χ1) is 17.2. The van der Waals surface area contributed by atoms with Crippen molar-refractivity contribution in [3.63, 3.8) is 0 Å². The van der Waals surface area contributed by atoms with Crippen molar-refractivity contribution in [2.24, 2.45) is 5.92 Å². The van der Waals surface area contributed by atoms with Crippen LogP contribution in [-0.4, -0.2) is 70.1 Å². The van der Waals surface area contributed by atoms with Crippen LogP contribution in [0, 0.1) is 5.92 Å². The minimum absolute atomic E-state index is 0.0513. The molecule has 1 aliphatic heterocycles. The van der Waals surface area contributed by atoms with Gasteiger partial charge in [-0.3, -0.25) is 9.59 Å². The minimum Gasteiger partial charge on any atom is -0.406 e. The van der Waals surface area contributed by atoms with Gasteiger partial charge in [0, 0.05) is 38.3 Å². The Balaban J connectivity index is 1.30. The second kappa shape index (κ2) is 10.8. The van der Waals surface area contributed by atoms with E-state index in [1.165, 1.54) is 30.4 Å². The van der Waals surface area contributed by atoms with E-state index in [9.17, 15) is 22.8 Å². The predicted octanol–water partition coefficient (Wildman–Crippen LogP) is 4.27. The van der Waals surface area contributed by atoms with Crippen molar-refractivity contribution in [1.29, 1.82) is 0 Å². The molecule has 1 aromatic heterocycles. The van der Waals surface area contributed by atoms with Crippen molar-refractivity contribution in [3.05, 3.63) is 59.7 Å². The monoisotopic (exact) mass is 501 g/mol. The number of nitrogens with zero attached hydrogens (tertiary/aromatic N) is 4. The number of benzene rings is 2. The SMILES string of the molecule is CN(CC1CCCN(C(=O)c2ccc3n[nH]nc3c2)CC1)C(=O)C=Cc1cccc(OC(F)(F)F)c1. The van der Waals surface area contributed by atoms with E-state index in [1.54, 1.807) is 36.2 Å². The zero-order chi connectivity index (χ0) is 25.7. The number of alkyl halides is 3. The van der Waals surface area contributed by atoms with Crippen molar-refractivity contribution in [1.82, 2.24) is 25.2 Å². The molecule has 3 aromatic rings. The number of amides is 2. The predicted molar refractivity (Wildman–Crippen MR) is 127 cm³/mol. The highest BCUT2D eigenvalue weighted by Crippen LogP contribution is 2.24. The zero-order valence-corrected chi connectivity index (χ0v) is 19.7. The van der Waals surface area contributed by atoms with E-state index in [4.69, 9.17) is 0 Å². The maximum atomic E-state index is 13.0. The van der Waals surface area contributed by atoms with E-state index in [2.05, 4.69) is 20.1 Å². The van der Waals surface area contributed by atoms with Crippen LogP contribution < -0.4 is 4.74 Å². The number of halogens is 3. The van der Waals surface area contributed by atoms with Gasteiger partial charge in [0.15, 0.2) is 0 Å². The van der Waals surface area contributed by atoms with Crippen LogP contribution in [0.2, 0.25) is 0 Å². The van der Waals surface area contributed by atoms with Crippen LogP contribution >= 0.6 is 0 Å². The summed E-state index contributed by atoms with van der Waals surface area (Å²) in [6, 6.07) is 10.7. The average Bonchev–Trinajstić information content (AvgIpc) is 3.19. The number of ether oxygens (including phenoxy) is 1. The first-order valence-electron chi connectivity index (χ1n) is 11.6. The lowest BCUT2D eigenvalue weighted by Crippen LogP contribution is -2.33. The number of H-pyrrole nitrogens is 1. The summed E-state index contributed by atoms with van der Waals surface area (Å²) < 4.78 is 41.2. The van der Waals surface area contributed by atoms with Gasteiger partial charge in [0.2, 0.25) is 5.91 Å². The molecule has 1 fully saturated rings. The number of aromatic amines is 1. The Hall–Kier alpha value is -3.89. The van der Waals surface area contributed by atoms with Crippen molar-refractivity contribution >= 4 is 28.9 Å². The number of hydrogen-bond donors (Lipinski definition) is 1. The number of carbonyl (C=O) groups excluding carboxylic acids is 2. The highest BCUT2D eigenvalue weighted by molar-refractivity contribution is 5.97. The Bertz CT molecular complexity index is 1260. The molecule has 2 heterocycles. The fourth-order valence-electron chi connectivity index (χ4n) is 4.29. The Morgan fingerprint density at radius 1 is 1.14 bits per heavy atom. The summed E-state index contributed by atoms with van der Waals surface area (Å²) in [7, 11) is 1.69. The topological polar surface area (TPSA) is 91.4 Å². The number of likely N-dealkylation sites (tertiary alicyclic amines) is 1. The van der Waals surface area contributed by atoms with E-state index in [-0.39, 0.29) is 23.5 Å². The lowest BCUT2D eigenvalue weighted by Gasteiger charge is -2.23. The van der Waals surface area contributed by atoms with Gasteiger partial charge in [-0.05, 0) is 67.2 Å². The third kappa shape index (κ3) is 6.61. The summed E-state index contributed by atoms with van der Waals surface area (Å²) in [6.07, 6.45) is 0.481. The second-order valence-electron chi connectivity index (χ2n) is 8.79. The molecule has 8 nitrogen and oxygen atoms in total. The molecular weight excluding hydrogens is 475 g/mol. The quantitative estimate of drug-likeness (QED) is 0.510. The maximum Gasteiger partial charge on any atom is 0.573 e. The molecule has 0 saturated carbocycles.